The van der Waals surface area contributed by atoms with Crippen molar-refractivity contribution in [3.05, 3.63) is 82.2 Å². The van der Waals surface area contributed by atoms with Crippen LogP contribution >= 0.6 is 23.6 Å². The number of nitrogens with one attached hydrogen (secondary N) is 2. The summed E-state index contributed by atoms with van der Waals surface area (Å²) in [5.41, 5.74) is 4.40. The maximum atomic E-state index is 13.5. The third-order valence-corrected chi connectivity index (χ3v) is 8.28. The van der Waals surface area contributed by atoms with Crippen molar-refractivity contribution in [2.24, 2.45) is 5.92 Å². The smallest absolute Gasteiger partial charge is 0.341 e. The standard InChI is InChI=1S/C30H29N3O3S2/c1-3-18-14-15-21-25(16-18)38-28(26(21)29(35)36-4-2)33-30(37)32-27(34)22-17-24(19-10-6-5-7-11-19)31-23-13-9-8-12-20(22)23/h5-13,17-18H,3-4,14-16H2,1-2H3,(H2,32,33,34,37)/t18-/m1/s1. The van der Waals surface area contributed by atoms with Gasteiger partial charge in [0.2, 0.25) is 0 Å². The third-order valence-electron chi connectivity index (χ3n) is 6.91. The number of amides is 1. The third kappa shape index (κ3) is 5.33. The van der Waals surface area contributed by atoms with Gasteiger partial charge in [-0.2, -0.15) is 0 Å². The second kappa shape index (κ2) is 11.4. The summed E-state index contributed by atoms with van der Waals surface area (Å²) in [6, 6.07) is 19.1. The van der Waals surface area contributed by atoms with E-state index in [9.17, 15) is 9.59 Å². The van der Waals surface area contributed by atoms with Crippen molar-refractivity contribution in [2.45, 2.75) is 39.5 Å². The van der Waals surface area contributed by atoms with Gasteiger partial charge in [-0.05, 0) is 62.0 Å². The van der Waals surface area contributed by atoms with Crippen molar-refractivity contribution in [1.29, 1.82) is 0 Å². The van der Waals surface area contributed by atoms with E-state index in [4.69, 9.17) is 21.9 Å². The minimum atomic E-state index is -0.357. The van der Waals surface area contributed by atoms with Gasteiger partial charge in [0.15, 0.2) is 5.11 Å². The number of para-hydroxylation sites is 1. The molecule has 0 unspecified atom stereocenters. The predicted octanol–water partition coefficient (Wildman–Crippen LogP) is 6.78. The number of rotatable bonds is 6. The predicted molar refractivity (Wildman–Crippen MR) is 157 cm³/mol. The summed E-state index contributed by atoms with van der Waals surface area (Å²) in [6.07, 6.45) is 3.93. The van der Waals surface area contributed by atoms with Gasteiger partial charge in [-0.1, -0.05) is 61.9 Å². The molecule has 2 N–H and O–H groups in total. The molecule has 0 saturated heterocycles. The Morgan fingerprint density at radius 2 is 1.87 bits per heavy atom. The molecule has 4 aromatic rings. The monoisotopic (exact) mass is 543 g/mol. The van der Waals surface area contributed by atoms with E-state index >= 15 is 0 Å². The van der Waals surface area contributed by atoms with E-state index in [1.807, 2.05) is 54.6 Å². The van der Waals surface area contributed by atoms with E-state index in [0.29, 0.717) is 34.3 Å². The lowest BCUT2D eigenvalue weighted by molar-refractivity contribution is 0.0526. The fourth-order valence-corrected chi connectivity index (χ4v) is 6.55. The Hall–Kier alpha value is -3.62. The maximum absolute atomic E-state index is 13.5. The molecule has 0 spiro atoms. The first-order valence-electron chi connectivity index (χ1n) is 12.9. The molecule has 38 heavy (non-hydrogen) atoms. The van der Waals surface area contributed by atoms with Crippen LogP contribution in [0.15, 0.2) is 60.7 Å². The number of anilines is 1. The van der Waals surface area contributed by atoms with Crippen LogP contribution in [0.1, 0.15) is 57.8 Å². The number of thiocarbonyl (C=S) groups is 1. The summed E-state index contributed by atoms with van der Waals surface area (Å²) in [7, 11) is 0. The van der Waals surface area contributed by atoms with Crippen LogP contribution in [0.3, 0.4) is 0 Å². The number of hydrogen-bond acceptors (Lipinski definition) is 6. The molecule has 2 aromatic carbocycles. The molecule has 0 radical (unpaired) electrons. The number of carbonyl (C=O) groups excluding carboxylic acids is 2. The van der Waals surface area contributed by atoms with E-state index in [1.54, 1.807) is 13.0 Å². The van der Waals surface area contributed by atoms with Crippen LogP contribution < -0.4 is 10.6 Å². The Kier molecular flexibility index (Phi) is 7.81. The average molecular weight is 544 g/mol. The highest BCUT2D eigenvalue weighted by Crippen LogP contribution is 2.41. The Bertz CT molecular complexity index is 1510. The molecule has 5 rings (SSSR count). The quantitative estimate of drug-likeness (QED) is 0.206. The van der Waals surface area contributed by atoms with Crippen LogP contribution in [0.5, 0.6) is 0 Å². The van der Waals surface area contributed by atoms with Gasteiger partial charge < -0.3 is 10.1 Å². The number of fused-ring (bicyclic) bond motifs is 2. The number of benzene rings is 2. The normalized spacial score (nSPS) is 14.5. The van der Waals surface area contributed by atoms with Crippen LogP contribution in [0.25, 0.3) is 22.2 Å². The molecule has 0 bridgehead atoms. The SMILES string of the molecule is CCOC(=O)c1c(NC(=S)NC(=O)c2cc(-c3ccccc3)nc3ccccc23)sc2c1CC[C@@H](CC)C2. The fraction of sp³-hybridized carbons (Fsp3) is 0.267. The van der Waals surface area contributed by atoms with Crippen LogP contribution in [-0.2, 0) is 17.6 Å². The van der Waals surface area contributed by atoms with Gasteiger partial charge in [0.25, 0.3) is 5.91 Å². The molecule has 1 aliphatic carbocycles. The van der Waals surface area contributed by atoms with Gasteiger partial charge in [0, 0.05) is 15.8 Å². The van der Waals surface area contributed by atoms with Crippen LogP contribution in [0.4, 0.5) is 5.00 Å². The first-order chi connectivity index (χ1) is 18.5. The molecular weight excluding hydrogens is 514 g/mol. The summed E-state index contributed by atoms with van der Waals surface area (Å²) < 4.78 is 5.37. The topological polar surface area (TPSA) is 80.3 Å². The molecule has 0 aliphatic heterocycles. The lowest BCUT2D eigenvalue weighted by Crippen LogP contribution is -2.34. The molecular formula is C30H29N3O3S2. The van der Waals surface area contributed by atoms with E-state index in [-0.39, 0.29) is 17.0 Å². The van der Waals surface area contributed by atoms with E-state index in [1.165, 1.54) is 16.2 Å². The number of thiophene rings is 1. The summed E-state index contributed by atoms with van der Waals surface area (Å²) in [5, 5.41) is 7.45. The van der Waals surface area contributed by atoms with Crippen molar-refractivity contribution in [3.63, 3.8) is 0 Å². The zero-order valence-corrected chi connectivity index (χ0v) is 23.0. The number of aromatic nitrogens is 1. The molecule has 0 saturated carbocycles. The number of ether oxygens (including phenoxy) is 1. The molecule has 1 aliphatic rings. The minimum Gasteiger partial charge on any atom is -0.462 e. The number of nitrogens with zero attached hydrogens (tertiary/aromatic N) is 1. The van der Waals surface area contributed by atoms with Gasteiger partial charge in [-0.15, -0.1) is 11.3 Å². The summed E-state index contributed by atoms with van der Waals surface area (Å²) in [5.74, 6) is -0.0954. The van der Waals surface area contributed by atoms with Gasteiger partial charge in [0.05, 0.1) is 28.9 Å². The van der Waals surface area contributed by atoms with Crippen molar-refractivity contribution in [2.75, 3.05) is 11.9 Å². The lowest BCUT2D eigenvalue weighted by atomic mass is 9.86. The molecule has 2 heterocycles. The van der Waals surface area contributed by atoms with E-state index in [2.05, 4.69) is 17.6 Å². The zero-order valence-electron chi connectivity index (χ0n) is 21.4. The second-order valence-electron chi connectivity index (χ2n) is 9.29. The summed E-state index contributed by atoms with van der Waals surface area (Å²) in [4.78, 5) is 32.3. The first kappa shape index (κ1) is 26.0. The van der Waals surface area contributed by atoms with Crippen molar-refractivity contribution in [1.82, 2.24) is 10.3 Å². The highest BCUT2D eigenvalue weighted by molar-refractivity contribution is 7.80. The largest absolute Gasteiger partial charge is 0.462 e. The van der Waals surface area contributed by atoms with Crippen molar-refractivity contribution < 1.29 is 14.3 Å². The highest BCUT2D eigenvalue weighted by Gasteiger charge is 2.29. The van der Waals surface area contributed by atoms with Crippen molar-refractivity contribution in [3.8, 4) is 11.3 Å². The van der Waals surface area contributed by atoms with Crippen LogP contribution in [-0.4, -0.2) is 28.6 Å². The highest BCUT2D eigenvalue weighted by atomic mass is 32.1. The lowest BCUT2D eigenvalue weighted by Gasteiger charge is -2.21. The molecule has 194 valence electrons. The fourth-order valence-electron chi connectivity index (χ4n) is 4.93. The number of hydrogen-bond donors (Lipinski definition) is 2. The molecule has 2 aromatic heterocycles. The van der Waals surface area contributed by atoms with Crippen LogP contribution in [0.2, 0.25) is 0 Å². The van der Waals surface area contributed by atoms with Gasteiger partial charge >= 0.3 is 5.97 Å². The van der Waals surface area contributed by atoms with Gasteiger partial charge in [-0.3, -0.25) is 10.1 Å². The molecule has 8 heteroatoms. The van der Waals surface area contributed by atoms with Gasteiger partial charge in [-0.25, -0.2) is 9.78 Å². The molecule has 1 atom stereocenters. The molecule has 6 nitrogen and oxygen atoms in total. The van der Waals surface area contributed by atoms with Gasteiger partial charge in [0.1, 0.15) is 5.00 Å². The van der Waals surface area contributed by atoms with E-state index < -0.39 is 0 Å². The maximum Gasteiger partial charge on any atom is 0.341 e. The first-order valence-corrected chi connectivity index (χ1v) is 14.1. The Labute approximate surface area is 231 Å². The molecule has 0 fully saturated rings. The zero-order chi connectivity index (χ0) is 26.6. The number of pyridine rings is 1. The Morgan fingerprint density at radius 3 is 2.63 bits per heavy atom. The average Bonchev–Trinajstić information content (AvgIpc) is 3.29. The second-order valence-corrected chi connectivity index (χ2v) is 10.8. The number of esters is 1. The van der Waals surface area contributed by atoms with Crippen molar-refractivity contribution >= 4 is 56.4 Å². The summed E-state index contributed by atoms with van der Waals surface area (Å²) >= 11 is 7.08. The minimum absolute atomic E-state index is 0.133. The van der Waals surface area contributed by atoms with E-state index in [0.717, 1.165) is 47.7 Å². The Morgan fingerprint density at radius 1 is 1.11 bits per heavy atom. The molecule has 1 amide bonds. The van der Waals surface area contributed by atoms with Crippen LogP contribution in [0, 0.1) is 5.92 Å². The Balaban J connectivity index is 1.43. The summed E-state index contributed by atoms with van der Waals surface area (Å²) in [6.45, 7) is 4.29. The number of carbonyl (C=O) groups is 2.